The summed E-state index contributed by atoms with van der Waals surface area (Å²) in [5.74, 6) is -0.947. The number of fused-ring (bicyclic) bond motifs is 1. The van der Waals surface area contributed by atoms with E-state index >= 15 is 0 Å². The first kappa shape index (κ1) is 28.9. The number of aromatic hydroxyl groups is 1. The van der Waals surface area contributed by atoms with Gasteiger partial charge in [0.05, 0.1) is 52.0 Å². The molecular formula is C26H24N4O10S. The Morgan fingerprint density at radius 1 is 1.12 bits per heavy atom. The van der Waals surface area contributed by atoms with Crippen LogP contribution in [0.25, 0.3) is 6.08 Å². The Bertz CT molecular complexity index is 1760. The highest BCUT2D eigenvalue weighted by Gasteiger charge is 2.34. The van der Waals surface area contributed by atoms with Crippen LogP contribution in [0.5, 0.6) is 17.2 Å². The lowest BCUT2D eigenvalue weighted by atomic mass is 9.95. The van der Waals surface area contributed by atoms with Gasteiger partial charge in [0.15, 0.2) is 16.3 Å². The molecule has 0 bridgehead atoms. The molecule has 2 heterocycles. The number of esters is 1. The molecule has 3 aromatic rings. The molecule has 1 atom stereocenters. The van der Waals surface area contributed by atoms with Crippen molar-refractivity contribution in [3.63, 3.8) is 0 Å². The third-order valence-corrected chi connectivity index (χ3v) is 7.09. The number of hydrogen-bond acceptors (Lipinski definition) is 12. The van der Waals surface area contributed by atoms with Gasteiger partial charge in [0.1, 0.15) is 0 Å². The number of phenols is 1. The Morgan fingerprint density at radius 3 is 2.34 bits per heavy atom. The number of carbonyl (C=O) groups excluding carboxylic acids is 1. The van der Waals surface area contributed by atoms with Gasteiger partial charge < -0.3 is 19.3 Å². The second kappa shape index (κ2) is 11.6. The molecule has 0 saturated carbocycles. The second-order valence-corrected chi connectivity index (χ2v) is 9.58. The molecule has 1 aliphatic rings. The minimum atomic E-state index is -1.10. The van der Waals surface area contributed by atoms with E-state index < -0.39 is 44.5 Å². The minimum Gasteiger partial charge on any atom is -0.497 e. The molecule has 0 unspecified atom stereocenters. The van der Waals surface area contributed by atoms with Crippen LogP contribution in [0.3, 0.4) is 0 Å². The van der Waals surface area contributed by atoms with Crippen molar-refractivity contribution in [3.8, 4) is 17.2 Å². The monoisotopic (exact) mass is 584 g/mol. The van der Waals surface area contributed by atoms with Crippen molar-refractivity contribution in [2.75, 3.05) is 20.3 Å². The Labute approximate surface area is 235 Å². The standard InChI is InChI=1S/C26H24N4O10S/c1-5-39-19-12-15(7-8-18(19)38-4)22-21(25(33)40-6-2)13(3)27-26-28(22)24(32)20(41-26)11-14-9-16(29(34)35)23(31)17(10-14)30(36)37/h7-12,22,31H,5-6H2,1-4H3/b20-11-/t22-/m1/s1. The summed E-state index contributed by atoms with van der Waals surface area (Å²) in [4.78, 5) is 52.5. The molecule has 0 amide bonds. The van der Waals surface area contributed by atoms with Crippen LogP contribution < -0.4 is 24.4 Å². The fourth-order valence-corrected chi connectivity index (χ4v) is 5.42. The number of rotatable bonds is 9. The van der Waals surface area contributed by atoms with Gasteiger partial charge in [-0.1, -0.05) is 17.4 Å². The third-order valence-electron chi connectivity index (χ3n) is 6.10. The van der Waals surface area contributed by atoms with Gasteiger partial charge in [-0.05, 0) is 50.1 Å². The predicted molar refractivity (Wildman–Crippen MR) is 146 cm³/mol. The van der Waals surface area contributed by atoms with Gasteiger partial charge >= 0.3 is 17.3 Å². The van der Waals surface area contributed by atoms with Crippen LogP contribution in [0.2, 0.25) is 0 Å². The first-order chi connectivity index (χ1) is 19.5. The number of nitrogens with zero attached hydrogens (tertiary/aromatic N) is 4. The highest BCUT2D eigenvalue weighted by molar-refractivity contribution is 7.07. The Morgan fingerprint density at radius 2 is 1.78 bits per heavy atom. The Hall–Kier alpha value is -5.05. The Kier molecular flexibility index (Phi) is 8.18. The number of carbonyl (C=O) groups is 1. The summed E-state index contributed by atoms with van der Waals surface area (Å²) >= 11 is 0.925. The van der Waals surface area contributed by atoms with Crippen molar-refractivity contribution in [3.05, 3.63) is 92.6 Å². The smallest absolute Gasteiger partial charge is 0.338 e. The van der Waals surface area contributed by atoms with E-state index in [1.165, 1.54) is 17.8 Å². The first-order valence-electron chi connectivity index (χ1n) is 12.2. The summed E-state index contributed by atoms with van der Waals surface area (Å²) in [6, 6.07) is 5.82. The van der Waals surface area contributed by atoms with Gasteiger partial charge in [0, 0.05) is 12.1 Å². The first-order valence-corrected chi connectivity index (χ1v) is 13.0. The summed E-state index contributed by atoms with van der Waals surface area (Å²) < 4.78 is 17.7. The van der Waals surface area contributed by atoms with Crippen LogP contribution in [0, 0.1) is 20.2 Å². The van der Waals surface area contributed by atoms with Crippen molar-refractivity contribution in [1.29, 1.82) is 0 Å². The van der Waals surface area contributed by atoms with E-state index in [2.05, 4.69) is 4.99 Å². The maximum Gasteiger partial charge on any atom is 0.338 e. The van der Waals surface area contributed by atoms with Crippen LogP contribution in [0.4, 0.5) is 11.4 Å². The second-order valence-electron chi connectivity index (χ2n) is 8.57. The molecule has 1 aliphatic heterocycles. The van der Waals surface area contributed by atoms with Crippen molar-refractivity contribution >= 4 is 34.8 Å². The lowest BCUT2D eigenvalue weighted by Crippen LogP contribution is -2.40. The molecule has 1 aromatic heterocycles. The van der Waals surface area contributed by atoms with Crippen LogP contribution in [-0.2, 0) is 9.53 Å². The molecule has 0 fully saturated rings. The highest BCUT2D eigenvalue weighted by atomic mass is 32.1. The molecule has 214 valence electrons. The molecule has 0 aliphatic carbocycles. The number of ether oxygens (including phenoxy) is 3. The average molecular weight is 585 g/mol. The number of aromatic nitrogens is 1. The maximum absolute atomic E-state index is 13.8. The number of phenolic OH excluding ortho intramolecular Hbond substituents is 1. The fourth-order valence-electron chi connectivity index (χ4n) is 4.38. The molecule has 2 aromatic carbocycles. The predicted octanol–water partition coefficient (Wildman–Crippen LogP) is 2.73. The SMILES string of the molecule is CCOC(=O)C1=C(C)N=c2s/c(=C\c3cc([N+](=O)[O-])c(O)c([N+](=O)[O-])c3)c(=O)n2[C@@H]1c1ccc(OC)c(OCC)c1. The summed E-state index contributed by atoms with van der Waals surface area (Å²) in [6.07, 6.45) is 1.23. The Balaban J connectivity index is 2.00. The van der Waals surface area contributed by atoms with Crippen molar-refractivity contribution < 1.29 is 34.0 Å². The van der Waals surface area contributed by atoms with Crippen LogP contribution in [0.1, 0.15) is 37.9 Å². The number of methoxy groups -OCH3 is 1. The lowest BCUT2D eigenvalue weighted by Gasteiger charge is -2.25. The van der Waals surface area contributed by atoms with Crippen LogP contribution in [-0.4, -0.2) is 45.8 Å². The van der Waals surface area contributed by atoms with Gasteiger partial charge in [0.2, 0.25) is 0 Å². The number of thiazole rings is 1. The number of allylic oxidation sites excluding steroid dienone is 1. The van der Waals surface area contributed by atoms with Gasteiger partial charge in [0.25, 0.3) is 11.3 Å². The van der Waals surface area contributed by atoms with Gasteiger partial charge in [-0.25, -0.2) is 9.79 Å². The van der Waals surface area contributed by atoms with E-state index in [0.29, 0.717) is 29.4 Å². The number of nitro benzene ring substituents is 2. The summed E-state index contributed by atoms with van der Waals surface area (Å²) in [5.41, 5.74) is -1.53. The average Bonchev–Trinajstić information content (AvgIpc) is 3.22. The quantitative estimate of drug-likeness (QED) is 0.223. The summed E-state index contributed by atoms with van der Waals surface area (Å²) in [6.45, 7) is 5.46. The number of hydrogen-bond donors (Lipinski definition) is 1. The molecular weight excluding hydrogens is 560 g/mol. The van der Waals surface area contributed by atoms with Gasteiger partial charge in [-0.2, -0.15) is 0 Å². The van der Waals surface area contributed by atoms with E-state index in [1.54, 1.807) is 39.0 Å². The molecule has 0 saturated heterocycles. The highest BCUT2D eigenvalue weighted by Crippen LogP contribution is 2.38. The zero-order chi connectivity index (χ0) is 30.0. The molecule has 14 nitrogen and oxygen atoms in total. The lowest BCUT2D eigenvalue weighted by molar-refractivity contribution is -0.396. The zero-order valence-electron chi connectivity index (χ0n) is 22.3. The van der Waals surface area contributed by atoms with Crippen molar-refractivity contribution in [2.24, 2.45) is 4.99 Å². The number of benzene rings is 2. The van der Waals surface area contributed by atoms with Crippen molar-refractivity contribution in [2.45, 2.75) is 26.8 Å². The largest absolute Gasteiger partial charge is 0.497 e. The number of nitro groups is 2. The maximum atomic E-state index is 13.8. The molecule has 1 N–H and O–H groups in total. The topological polar surface area (TPSA) is 186 Å². The third kappa shape index (κ3) is 5.38. The molecule has 0 spiro atoms. The molecule has 0 radical (unpaired) electrons. The normalized spacial score (nSPS) is 14.7. The summed E-state index contributed by atoms with van der Waals surface area (Å²) in [7, 11) is 1.48. The molecule has 41 heavy (non-hydrogen) atoms. The summed E-state index contributed by atoms with van der Waals surface area (Å²) in [5, 5.41) is 32.8. The zero-order valence-corrected chi connectivity index (χ0v) is 23.1. The van der Waals surface area contributed by atoms with E-state index in [9.17, 15) is 34.9 Å². The minimum absolute atomic E-state index is 0.0273. The van der Waals surface area contributed by atoms with Crippen LogP contribution >= 0.6 is 11.3 Å². The van der Waals surface area contributed by atoms with E-state index in [1.807, 2.05) is 0 Å². The van der Waals surface area contributed by atoms with E-state index in [0.717, 1.165) is 23.5 Å². The van der Waals surface area contributed by atoms with Crippen LogP contribution in [0.15, 0.2) is 51.4 Å². The molecule has 15 heteroatoms. The molecule has 4 rings (SSSR count). The van der Waals surface area contributed by atoms with Gasteiger partial charge in [-0.3, -0.25) is 29.6 Å². The fraction of sp³-hybridized carbons (Fsp3) is 0.269. The van der Waals surface area contributed by atoms with E-state index in [-0.39, 0.29) is 27.1 Å². The van der Waals surface area contributed by atoms with Crippen molar-refractivity contribution in [1.82, 2.24) is 4.57 Å². The van der Waals surface area contributed by atoms with E-state index in [4.69, 9.17) is 14.2 Å². The van der Waals surface area contributed by atoms with Gasteiger partial charge in [-0.15, -0.1) is 0 Å².